The molecule has 0 heterocycles. The predicted octanol–water partition coefficient (Wildman–Crippen LogP) is 0.561. The normalized spacial score (nSPS) is 9.14. The standard InChI is InChI=1S/C9H7FN2O2/c10-7-3-6(4-11)1-2-8(7)14-5-9(12)13/h1-3H,5H2,(H2,12,13). The molecule has 0 aromatic heterocycles. The molecule has 72 valence electrons. The van der Waals surface area contributed by atoms with E-state index in [1.807, 2.05) is 0 Å². The summed E-state index contributed by atoms with van der Waals surface area (Å²) in [7, 11) is 0. The van der Waals surface area contributed by atoms with E-state index < -0.39 is 11.7 Å². The van der Waals surface area contributed by atoms with Crippen LogP contribution < -0.4 is 10.5 Å². The zero-order valence-corrected chi connectivity index (χ0v) is 7.16. The van der Waals surface area contributed by atoms with Gasteiger partial charge in [0.15, 0.2) is 18.2 Å². The number of nitrogens with two attached hydrogens (primary N) is 1. The molecule has 0 aliphatic heterocycles. The van der Waals surface area contributed by atoms with E-state index in [9.17, 15) is 9.18 Å². The fourth-order valence-electron chi connectivity index (χ4n) is 0.836. The minimum Gasteiger partial charge on any atom is -0.481 e. The molecule has 0 saturated carbocycles. The molecule has 4 nitrogen and oxygen atoms in total. The number of hydrogen-bond donors (Lipinski definition) is 1. The van der Waals surface area contributed by atoms with E-state index >= 15 is 0 Å². The molecule has 0 atom stereocenters. The van der Waals surface area contributed by atoms with E-state index in [2.05, 4.69) is 0 Å². The highest BCUT2D eigenvalue weighted by Crippen LogP contribution is 2.17. The zero-order valence-electron chi connectivity index (χ0n) is 7.16. The Labute approximate surface area is 79.7 Å². The van der Waals surface area contributed by atoms with Crippen molar-refractivity contribution in [2.45, 2.75) is 0 Å². The van der Waals surface area contributed by atoms with Gasteiger partial charge in [-0.15, -0.1) is 0 Å². The van der Waals surface area contributed by atoms with Crippen molar-refractivity contribution in [1.82, 2.24) is 0 Å². The molecule has 14 heavy (non-hydrogen) atoms. The number of ether oxygens (including phenoxy) is 1. The lowest BCUT2D eigenvalue weighted by molar-refractivity contribution is -0.120. The van der Waals surface area contributed by atoms with Gasteiger partial charge >= 0.3 is 0 Å². The summed E-state index contributed by atoms with van der Waals surface area (Å²) in [4.78, 5) is 10.3. The molecule has 1 rings (SSSR count). The van der Waals surface area contributed by atoms with Crippen LogP contribution in [0.4, 0.5) is 4.39 Å². The first-order valence-corrected chi connectivity index (χ1v) is 3.74. The van der Waals surface area contributed by atoms with Crippen molar-refractivity contribution >= 4 is 5.91 Å². The van der Waals surface area contributed by atoms with Gasteiger partial charge in [-0.2, -0.15) is 5.26 Å². The third kappa shape index (κ3) is 2.45. The molecule has 5 heteroatoms. The maximum absolute atomic E-state index is 13.1. The topological polar surface area (TPSA) is 76.1 Å². The summed E-state index contributed by atoms with van der Waals surface area (Å²) in [6.07, 6.45) is 0. The van der Waals surface area contributed by atoms with Crippen molar-refractivity contribution in [3.05, 3.63) is 29.6 Å². The van der Waals surface area contributed by atoms with Gasteiger partial charge in [-0.25, -0.2) is 4.39 Å². The molecule has 0 bridgehead atoms. The lowest BCUT2D eigenvalue weighted by Gasteiger charge is -2.04. The fourth-order valence-corrected chi connectivity index (χ4v) is 0.836. The van der Waals surface area contributed by atoms with Crippen molar-refractivity contribution in [2.75, 3.05) is 6.61 Å². The Morgan fingerprint density at radius 2 is 2.36 bits per heavy atom. The fraction of sp³-hybridized carbons (Fsp3) is 0.111. The molecule has 0 fully saturated rings. The number of carbonyl (C=O) groups excluding carboxylic acids is 1. The number of carbonyl (C=O) groups is 1. The average molecular weight is 194 g/mol. The Hall–Kier alpha value is -2.09. The van der Waals surface area contributed by atoms with Crippen molar-refractivity contribution in [3.63, 3.8) is 0 Å². The number of hydrogen-bond acceptors (Lipinski definition) is 3. The van der Waals surface area contributed by atoms with Gasteiger partial charge < -0.3 is 10.5 Å². The summed E-state index contributed by atoms with van der Waals surface area (Å²) in [5.41, 5.74) is 5.00. The minimum absolute atomic E-state index is 0.0946. The molecule has 0 aliphatic carbocycles. The van der Waals surface area contributed by atoms with E-state index in [0.717, 1.165) is 6.07 Å². The van der Waals surface area contributed by atoms with Gasteiger partial charge in [0, 0.05) is 0 Å². The first-order chi connectivity index (χ1) is 6.63. The number of nitrogens with zero attached hydrogens (tertiary/aromatic N) is 1. The zero-order chi connectivity index (χ0) is 10.6. The van der Waals surface area contributed by atoms with Crippen molar-refractivity contribution < 1.29 is 13.9 Å². The van der Waals surface area contributed by atoms with E-state index in [-0.39, 0.29) is 17.9 Å². The van der Waals surface area contributed by atoms with Crippen LogP contribution in [0, 0.1) is 17.1 Å². The highest BCUT2D eigenvalue weighted by Gasteiger charge is 2.05. The van der Waals surface area contributed by atoms with Crippen LogP contribution in [0.5, 0.6) is 5.75 Å². The molecule has 0 radical (unpaired) electrons. The second kappa shape index (κ2) is 4.23. The van der Waals surface area contributed by atoms with E-state index in [4.69, 9.17) is 15.7 Å². The summed E-state index contributed by atoms with van der Waals surface area (Å²) in [5.74, 6) is -1.47. The Balaban J connectivity index is 2.80. The number of benzene rings is 1. The quantitative estimate of drug-likeness (QED) is 0.763. The molecule has 1 amide bonds. The summed E-state index contributed by atoms with van der Waals surface area (Å²) in [6, 6.07) is 5.46. The van der Waals surface area contributed by atoms with E-state index in [1.54, 1.807) is 6.07 Å². The second-order valence-electron chi connectivity index (χ2n) is 2.51. The summed E-state index contributed by atoms with van der Waals surface area (Å²) in [5, 5.41) is 8.44. The van der Waals surface area contributed by atoms with Crippen LogP contribution in [-0.2, 0) is 4.79 Å². The molecule has 2 N–H and O–H groups in total. The maximum atomic E-state index is 13.1. The third-order valence-electron chi connectivity index (χ3n) is 1.43. The molecular weight excluding hydrogens is 187 g/mol. The Morgan fingerprint density at radius 1 is 1.64 bits per heavy atom. The van der Waals surface area contributed by atoms with E-state index in [1.165, 1.54) is 12.1 Å². The molecule has 0 spiro atoms. The van der Waals surface area contributed by atoms with Crippen molar-refractivity contribution in [1.29, 1.82) is 5.26 Å². The Bertz CT molecular complexity index is 398. The Kier molecular flexibility index (Phi) is 3.02. The van der Waals surface area contributed by atoms with E-state index in [0.29, 0.717) is 0 Å². The van der Waals surface area contributed by atoms with Gasteiger partial charge in [0.2, 0.25) is 0 Å². The molecule has 1 aromatic rings. The predicted molar refractivity (Wildman–Crippen MR) is 45.8 cm³/mol. The van der Waals surface area contributed by atoms with Gasteiger partial charge in [0.25, 0.3) is 5.91 Å². The van der Waals surface area contributed by atoms with Crippen LogP contribution >= 0.6 is 0 Å². The van der Waals surface area contributed by atoms with Gasteiger partial charge in [-0.05, 0) is 18.2 Å². The smallest absolute Gasteiger partial charge is 0.255 e. The monoisotopic (exact) mass is 194 g/mol. The van der Waals surface area contributed by atoms with Crippen LogP contribution in [-0.4, -0.2) is 12.5 Å². The second-order valence-corrected chi connectivity index (χ2v) is 2.51. The first-order valence-electron chi connectivity index (χ1n) is 3.74. The highest BCUT2D eigenvalue weighted by atomic mass is 19.1. The molecule has 0 saturated heterocycles. The molecule has 0 unspecified atom stereocenters. The minimum atomic E-state index is -0.690. The molecule has 0 aliphatic rings. The number of amides is 1. The number of halogens is 1. The van der Waals surface area contributed by atoms with Crippen LogP contribution in [0.2, 0.25) is 0 Å². The van der Waals surface area contributed by atoms with Crippen molar-refractivity contribution in [3.8, 4) is 11.8 Å². The van der Waals surface area contributed by atoms with Crippen LogP contribution in [0.3, 0.4) is 0 Å². The van der Waals surface area contributed by atoms with Crippen LogP contribution in [0.25, 0.3) is 0 Å². The number of nitriles is 1. The number of primary amides is 1. The van der Waals surface area contributed by atoms with Gasteiger partial charge in [0.1, 0.15) is 0 Å². The summed E-state index contributed by atoms with van der Waals surface area (Å²) < 4.78 is 17.8. The first kappa shape index (κ1) is 9.99. The average Bonchev–Trinajstić information content (AvgIpc) is 2.15. The lowest BCUT2D eigenvalue weighted by atomic mass is 10.2. The summed E-state index contributed by atoms with van der Waals surface area (Å²) >= 11 is 0. The maximum Gasteiger partial charge on any atom is 0.255 e. The molecule has 1 aromatic carbocycles. The SMILES string of the molecule is N#Cc1ccc(OCC(N)=O)c(F)c1. The van der Waals surface area contributed by atoms with Crippen molar-refractivity contribution in [2.24, 2.45) is 5.73 Å². The largest absolute Gasteiger partial charge is 0.481 e. The lowest BCUT2D eigenvalue weighted by Crippen LogP contribution is -2.20. The number of rotatable bonds is 3. The summed E-state index contributed by atoms with van der Waals surface area (Å²) in [6.45, 7) is -0.386. The van der Waals surface area contributed by atoms with Gasteiger partial charge in [-0.3, -0.25) is 4.79 Å². The van der Waals surface area contributed by atoms with Gasteiger partial charge in [0.05, 0.1) is 11.6 Å². The molecular formula is C9H7FN2O2. The van der Waals surface area contributed by atoms with Crippen LogP contribution in [0.1, 0.15) is 5.56 Å². The highest BCUT2D eigenvalue weighted by molar-refractivity contribution is 5.75. The van der Waals surface area contributed by atoms with Crippen LogP contribution in [0.15, 0.2) is 18.2 Å². The Morgan fingerprint density at radius 3 is 2.86 bits per heavy atom. The van der Waals surface area contributed by atoms with Gasteiger partial charge in [-0.1, -0.05) is 0 Å². The third-order valence-corrected chi connectivity index (χ3v) is 1.43.